The van der Waals surface area contributed by atoms with Gasteiger partial charge in [0.1, 0.15) is 5.82 Å². The topological polar surface area (TPSA) is 94.4 Å². The van der Waals surface area contributed by atoms with Crippen LogP contribution < -0.4 is 15.7 Å². The summed E-state index contributed by atoms with van der Waals surface area (Å²) >= 11 is 0. The lowest BCUT2D eigenvalue weighted by Crippen LogP contribution is -2.32. The highest BCUT2D eigenvalue weighted by molar-refractivity contribution is 6.59. The van der Waals surface area contributed by atoms with Crippen LogP contribution in [-0.4, -0.2) is 38.2 Å². The zero-order valence-corrected chi connectivity index (χ0v) is 16.6. The monoisotopic (exact) mass is 389 g/mol. The predicted molar refractivity (Wildman–Crippen MR) is 115 cm³/mol. The second-order valence-corrected chi connectivity index (χ2v) is 7.21. The Bertz CT molecular complexity index is 1000. The summed E-state index contributed by atoms with van der Waals surface area (Å²) in [7, 11) is -1.50. The molecule has 0 saturated heterocycles. The first-order chi connectivity index (χ1) is 14.1. The van der Waals surface area contributed by atoms with E-state index in [0.717, 1.165) is 16.8 Å². The van der Waals surface area contributed by atoms with E-state index in [-0.39, 0.29) is 6.04 Å². The van der Waals surface area contributed by atoms with Crippen LogP contribution in [0.25, 0.3) is 0 Å². The van der Waals surface area contributed by atoms with E-state index in [1.165, 1.54) is 0 Å². The number of benzene rings is 2. The van der Waals surface area contributed by atoms with Crippen LogP contribution in [0.5, 0.6) is 0 Å². The molecule has 0 radical (unpaired) electrons. The number of aromatic nitrogens is 3. The van der Waals surface area contributed by atoms with Crippen LogP contribution in [0.1, 0.15) is 30.8 Å². The van der Waals surface area contributed by atoms with Gasteiger partial charge in [0.2, 0.25) is 11.9 Å². The second kappa shape index (κ2) is 8.18. The number of aryl methyl sites for hydroxylation is 1. The third kappa shape index (κ3) is 3.94. The van der Waals surface area contributed by atoms with Crippen molar-refractivity contribution in [3.05, 3.63) is 65.5 Å². The first-order valence-corrected chi connectivity index (χ1v) is 9.86. The SMILES string of the molecule is CCc1nc(NCc2ccccc2)nc(N2c3cccc(B(O)O)c3CC2C)n1. The molecule has 3 N–H and O–H groups in total. The number of hydrogen-bond acceptors (Lipinski definition) is 7. The highest BCUT2D eigenvalue weighted by atomic mass is 16.4. The molecule has 2 aromatic carbocycles. The number of fused-ring (bicyclic) bond motifs is 1. The molecule has 7 nitrogen and oxygen atoms in total. The highest BCUT2D eigenvalue weighted by Crippen LogP contribution is 2.36. The Morgan fingerprint density at radius 3 is 2.59 bits per heavy atom. The molecule has 148 valence electrons. The number of nitrogens with zero attached hydrogens (tertiary/aromatic N) is 4. The van der Waals surface area contributed by atoms with Gasteiger partial charge in [0.05, 0.1) is 0 Å². The minimum Gasteiger partial charge on any atom is -0.423 e. The lowest BCUT2D eigenvalue weighted by molar-refractivity contribution is 0.425. The van der Waals surface area contributed by atoms with E-state index in [9.17, 15) is 10.0 Å². The van der Waals surface area contributed by atoms with E-state index in [1.807, 2.05) is 37.3 Å². The number of hydrogen-bond donors (Lipinski definition) is 3. The Balaban J connectivity index is 1.68. The second-order valence-electron chi connectivity index (χ2n) is 7.21. The zero-order valence-electron chi connectivity index (χ0n) is 16.6. The van der Waals surface area contributed by atoms with Gasteiger partial charge >= 0.3 is 7.12 Å². The Hall–Kier alpha value is -2.97. The van der Waals surface area contributed by atoms with Gasteiger partial charge in [-0.25, -0.2) is 0 Å². The van der Waals surface area contributed by atoms with Crippen molar-refractivity contribution < 1.29 is 10.0 Å². The Morgan fingerprint density at radius 2 is 1.86 bits per heavy atom. The van der Waals surface area contributed by atoms with E-state index >= 15 is 0 Å². The van der Waals surface area contributed by atoms with Gasteiger partial charge in [-0.1, -0.05) is 49.4 Å². The van der Waals surface area contributed by atoms with E-state index in [4.69, 9.17) is 0 Å². The molecule has 0 aliphatic carbocycles. The Kier molecular flexibility index (Phi) is 5.46. The molecule has 1 atom stereocenters. The van der Waals surface area contributed by atoms with Crippen molar-refractivity contribution >= 4 is 30.2 Å². The summed E-state index contributed by atoms with van der Waals surface area (Å²) in [6, 6.07) is 15.7. The number of rotatable bonds is 6. The van der Waals surface area contributed by atoms with Crippen molar-refractivity contribution in [3.63, 3.8) is 0 Å². The molecule has 2 heterocycles. The van der Waals surface area contributed by atoms with Crippen LogP contribution in [0.3, 0.4) is 0 Å². The average molecular weight is 389 g/mol. The molecule has 29 heavy (non-hydrogen) atoms. The largest absolute Gasteiger partial charge is 0.488 e. The minimum atomic E-state index is -1.50. The minimum absolute atomic E-state index is 0.0963. The zero-order chi connectivity index (χ0) is 20.4. The molecule has 1 unspecified atom stereocenters. The fourth-order valence-corrected chi connectivity index (χ4v) is 3.74. The summed E-state index contributed by atoms with van der Waals surface area (Å²) in [4.78, 5) is 15.9. The Labute approximate surface area is 170 Å². The van der Waals surface area contributed by atoms with Gasteiger partial charge in [0.15, 0.2) is 0 Å². The molecule has 0 fully saturated rings. The van der Waals surface area contributed by atoms with Crippen molar-refractivity contribution in [1.29, 1.82) is 0 Å². The van der Waals surface area contributed by atoms with Crippen LogP contribution >= 0.6 is 0 Å². The maximum absolute atomic E-state index is 9.72. The molecule has 8 heteroatoms. The fraction of sp³-hybridized carbons (Fsp3) is 0.286. The third-order valence-electron chi connectivity index (χ3n) is 5.16. The molecule has 4 rings (SSSR count). The maximum Gasteiger partial charge on any atom is 0.488 e. The molecule has 0 spiro atoms. The van der Waals surface area contributed by atoms with Gasteiger partial charge in [-0.3, -0.25) is 0 Å². The van der Waals surface area contributed by atoms with Gasteiger partial charge in [-0.15, -0.1) is 0 Å². The van der Waals surface area contributed by atoms with Crippen molar-refractivity contribution in [3.8, 4) is 0 Å². The fourth-order valence-electron chi connectivity index (χ4n) is 3.74. The molecular weight excluding hydrogens is 365 g/mol. The number of nitrogens with one attached hydrogen (secondary N) is 1. The number of anilines is 3. The molecule has 1 aromatic heterocycles. The van der Waals surface area contributed by atoms with E-state index in [0.29, 0.717) is 42.6 Å². The normalized spacial score (nSPS) is 15.3. The summed E-state index contributed by atoms with van der Waals surface area (Å²) in [5.74, 6) is 1.82. The van der Waals surface area contributed by atoms with E-state index in [2.05, 4.69) is 44.2 Å². The average Bonchev–Trinajstić information content (AvgIpc) is 3.08. The molecule has 0 amide bonds. The molecular formula is C21H24BN5O2. The summed E-state index contributed by atoms with van der Waals surface area (Å²) in [5.41, 5.74) is 3.51. The predicted octanol–water partition coefficient (Wildman–Crippen LogP) is 1.81. The van der Waals surface area contributed by atoms with Crippen molar-refractivity contribution in [2.24, 2.45) is 0 Å². The standard InChI is InChI=1S/C21H24BN5O2/c1-3-19-24-20(23-13-15-8-5-4-6-9-15)26-21(25-19)27-14(2)12-16-17(22(28)29)10-7-11-18(16)27/h4-11,14,28-29H,3,12-13H2,1-2H3,(H,23,24,25,26). The summed E-state index contributed by atoms with van der Waals surface area (Å²) < 4.78 is 0. The quantitative estimate of drug-likeness (QED) is 0.554. The van der Waals surface area contributed by atoms with Crippen molar-refractivity contribution in [2.75, 3.05) is 10.2 Å². The van der Waals surface area contributed by atoms with Gasteiger partial charge in [-0.2, -0.15) is 15.0 Å². The summed E-state index contributed by atoms with van der Waals surface area (Å²) in [6.45, 7) is 4.72. The van der Waals surface area contributed by atoms with Crippen LogP contribution in [0.4, 0.5) is 17.6 Å². The Morgan fingerprint density at radius 1 is 1.07 bits per heavy atom. The highest BCUT2D eigenvalue weighted by Gasteiger charge is 2.33. The molecule has 0 bridgehead atoms. The van der Waals surface area contributed by atoms with E-state index < -0.39 is 7.12 Å². The maximum atomic E-state index is 9.72. The van der Waals surface area contributed by atoms with Crippen LogP contribution in [-0.2, 0) is 19.4 Å². The van der Waals surface area contributed by atoms with Crippen LogP contribution in [0, 0.1) is 0 Å². The van der Waals surface area contributed by atoms with E-state index in [1.54, 1.807) is 6.07 Å². The van der Waals surface area contributed by atoms with Crippen molar-refractivity contribution in [2.45, 2.75) is 39.3 Å². The molecule has 3 aromatic rings. The smallest absolute Gasteiger partial charge is 0.423 e. The van der Waals surface area contributed by atoms with Crippen LogP contribution in [0.2, 0.25) is 0 Å². The third-order valence-corrected chi connectivity index (χ3v) is 5.16. The first kappa shape index (κ1) is 19.4. The van der Waals surface area contributed by atoms with Gasteiger partial charge in [-0.05, 0) is 36.0 Å². The lowest BCUT2D eigenvalue weighted by atomic mass is 9.76. The molecule has 1 aliphatic rings. The molecule has 1 aliphatic heterocycles. The van der Waals surface area contributed by atoms with Crippen molar-refractivity contribution in [1.82, 2.24) is 15.0 Å². The van der Waals surface area contributed by atoms with Gasteiger partial charge in [0.25, 0.3) is 0 Å². The summed E-state index contributed by atoms with van der Waals surface area (Å²) in [5, 5.41) is 22.7. The lowest BCUT2D eigenvalue weighted by Gasteiger charge is -2.23. The first-order valence-electron chi connectivity index (χ1n) is 9.86. The molecule has 0 saturated carbocycles. The van der Waals surface area contributed by atoms with Crippen LogP contribution in [0.15, 0.2) is 48.5 Å². The van der Waals surface area contributed by atoms with Gasteiger partial charge < -0.3 is 20.3 Å². The van der Waals surface area contributed by atoms with Gasteiger partial charge in [0, 0.05) is 24.7 Å². The summed E-state index contributed by atoms with van der Waals surface area (Å²) in [6.07, 6.45) is 1.39.